The van der Waals surface area contributed by atoms with E-state index in [0.717, 1.165) is 26.2 Å². The number of hydrogen-bond donors (Lipinski definition) is 1. The summed E-state index contributed by atoms with van der Waals surface area (Å²) in [5, 5.41) is 3.29. The Hall–Kier alpha value is -0.610. The van der Waals surface area contributed by atoms with Gasteiger partial charge >= 0.3 is 0 Å². The Bertz CT molecular complexity index is 263. The van der Waals surface area contributed by atoms with Crippen LogP contribution in [0.5, 0.6) is 0 Å². The van der Waals surface area contributed by atoms with Crippen molar-refractivity contribution in [2.75, 3.05) is 33.2 Å². The quantitative estimate of drug-likeness (QED) is 0.795. The molecule has 0 aromatic carbocycles. The van der Waals surface area contributed by atoms with E-state index in [1.807, 2.05) is 4.90 Å². The number of amides is 1. The molecule has 0 aromatic rings. The molecule has 0 unspecified atom stereocenters. The van der Waals surface area contributed by atoms with E-state index in [0.29, 0.717) is 12.5 Å². The minimum atomic E-state index is 0.0966. The normalized spacial score (nSPS) is 20.9. The maximum absolute atomic E-state index is 12.0. The minimum absolute atomic E-state index is 0.0966. The summed E-state index contributed by atoms with van der Waals surface area (Å²) in [6, 6.07) is 0.451. The van der Waals surface area contributed by atoms with Crippen molar-refractivity contribution in [1.82, 2.24) is 15.1 Å². The van der Waals surface area contributed by atoms with Crippen LogP contribution >= 0.6 is 0 Å². The molecule has 1 aliphatic heterocycles. The third-order valence-corrected chi connectivity index (χ3v) is 3.56. The van der Waals surface area contributed by atoms with Crippen molar-refractivity contribution in [3.8, 4) is 0 Å². The molecule has 0 spiro atoms. The fraction of sp³-hybridized carbons (Fsp3) is 0.923. The summed E-state index contributed by atoms with van der Waals surface area (Å²) in [5.74, 6) is 0.277. The van der Waals surface area contributed by atoms with Gasteiger partial charge in [0.1, 0.15) is 0 Å². The van der Waals surface area contributed by atoms with Crippen molar-refractivity contribution < 1.29 is 4.79 Å². The van der Waals surface area contributed by atoms with Gasteiger partial charge in [0.25, 0.3) is 0 Å². The number of rotatable bonds is 4. The topological polar surface area (TPSA) is 35.6 Å². The van der Waals surface area contributed by atoms with Crippen molar-refractivity contribution in [1.29, 1.82) is 0 Å². The molecule has 1 amide bonds. The molecule has 1 saturated heterocycles. The molecule has 1 fully saturated rings. The molecule has 4 heteroatoms. The summed E-state index contributed by atoms with van der Waals surface area (Å²) < 4.78 is 0. The summed E-state index contributed by atoms with van der Waals surface area (Å²) >= 11 is 0. The number of nitrogens with zero attached hydrogens (tertiary/aromatic N) is 2. The Balaban J connectivity index is 2.38. The highest BCUT2D eigenvalue weighted by atomic mass is 16.2. The maximum Gasteiger partial charge on any atom is 0.223 e. The Kier molecular flexibility index (Phi) is 4.95. The van der Waals surface area contributed by atoms with Crippen LogP contribution < -0.4 is 5.32 Å². The van der Waals surface area contributed by atoms with Crippen LogP contribution in [0.4, 0.5) is 0 Å². The second-order valence-corrected chi connectivity index (χ2v) is 5.91. The van der Waals surface area contributed by atoms with E-state index in [4.69, 9.17) is 0 Å². The second-order valence-electron chi connectivity index (χ2n) is 5.91. The molecule has 0 radical (unpaired) electrons. The fourth-order valence-electron chi connectivity index (χ4n) is 2.08. The summed E-state index contributed by atoms with van der Waals surface area (Å²) in [4.78, 5) is 16.4. The SMILES string of the molecule is CC(C)NCCC(=O)N1CCN(C)C(C)(C)C1. The molecule has 100 valence electrons. The van der Waals surface area contributed by atoms with Gasteiger partial charge in [-0.3, -0.25) is 9.69 Å². The van der Waals surface area contributed by atoms with E-state index in [1.54, 1.807) is 0 Å². The molecule has 1 heterocycles. The molecule has 0 bridgehead atoms. The molecular formula is C13H27N3O. The van der Waals surface area contributed by atoms with Gasteiger partial charge in [-0.25, -0.2) is 0 Å². The monoisotopic (exact) mass is 241 g/mol. The zero-order chi connectivity index (χ0) is 13.1. The Labute approximate surface area is 105 Å². The van der Waals surface area contributed by atoms with E-state index >= 15 is 0 Å². The number of carbonyl (C=O) groups is 1. The maximum atomic E-state index is 12.0. The lowest BCUT2D eigenvalue weighted by Crippen LogP contribution is -2.59. The minimum Gasteiger partial charge on any atom is -0.340 e. The Morgan fingerprint density at radius 3 is 2.53 bits per heavy atom. The number of hydrogen-bond acceptors (Lipinski definition) is 3. The molecule has 0 aromatic heterocycles. The van der Waals surface area contributed by atoms with E-state index in [2.05, 4.69) is 45.0 Å². The lowest BCUT2D eigenvalue weighted by atomic mass is 9.99. The highest BCUT2D eigenvalue weighted by Crippen LogP contribution is 2.19. The third-order valence-electron chi connectivity index (χ3n) is 3.56. The Morgan fingerprint density at radius 2 is 2.00 bits per heavy atom. The van der Waals surface area contributed by atoms with Crippen LogP contribution in [0.25, 0.3) is 0 Å². The van der Waals surface area contributed by atoms with Crippen molar-refractivity contribution in [3.63, 3.8) is 0 Å². The predicted molar refractivity (Wildman–Crippen MR) is 71.0 cm³/mol. The van der Waals surface area contributed by atoms with E-state index in [-0.39, 0.29) is 11.4 Å². The molecule has 17 heavy (non-hydrogen) atoms. The Morgan fingerprint density at radius 1 is 1.35 bits per heavy atom. The van der Waals surface area contributed by atoms with Gasteiger partial charge in [0.15, 0.2) is 0 Å². The van der Waals surface area contributed by atoms with Crippen LogP contribution in [0.2, 0.25) is 0 Å². The van der Waals surface area contributed by atoms with Gasteiger partial charge in [0, 0.05) is 44.2 Å². The van der Waals surface area contributed by atoms with Gasteiger partial charge in [-0.15, -0.1) is 0 Å². The molecule has 1 aliphatic rings. The van der Waals surface area contributed by atoms with Crippen LogP contribution in [-0.2, 0) is 4.79 Å². The van der Waals surface area contributed by atoms with Gasteiger partial charge < -0.3 is 10.2 Å². The smallest absolute Gasteiger partial charge is 0.223 e. The lowest BCUT2D eigenvalue weighted by Gasteiger charge is -2.45. The standard InChI is InChI=1S/C13H27N3O/c1-11(2)14-7-6-12(17)16-9-8-15(5)13(3,4)10-16/h11,14H,6-10H2,1-5H3. The number of nitrogens with one attached hydrogen (secondary N) is 1. The molecular weight excluding hydrogens is 214 g/mol. The molecule has 4 nitrogen and oxygen atoms in total. The van der Waals surface area contributed by atoms with Crippen molar-refractivity contribution in [2.45, 2.75) is 45.7 Å². The molecule has 0 saturated carbocycles. The van der Waals surface area contributed by atoms with Crippen LogP contribution in [0.15, 0.2) is 0 Å². The first kappa shape index (κ1) is 14.5. The molecule has 1 rings (SSSR count). The number of piperazine rings is 1. The van der Waals surface area contributed by atoms with Crippen LogP contribution in [0.3, 0.4) is 0 Å². The van der Waals surface area contributed by atoms with Gasteiger partial charge in [-0.05, 0) is 20.9 Å². The van der Waals surface area contributed by atoms with E-state index < -0.39 is 0 Å². The van der Waals surface area contributed by atoms with E-state index in [9.17, 15) is 4.79 Å². The summed E-state index contributed by atoms with van der Waals surface area (Å²) in [6.45, 7) is 12.0. The summed E-state index contributed by atoms with van der Waals surface area (Å²) in [5.41, 5.74) is 0.0966. The zero-order valence-electron chi connectivity index (χ0n) is 11.9. The zero-order valence-corrected chi connectivity index (χ0v) is 11.9. The van der Waals surface area contributed by atoms with Gasteiger partial charge in [0.05, 0.1) is 0 Å². The highest BCUT2D eigenvalue weighted by Gasteiger charge is 2.32. The fourth-order valence-corrected chi connectivity index (χ4v) is 2.08. The lowest BCUT2D eigenvalue weighted by molar-refractivity contribution is -0.135. The second kappa shape index (κ2) is 5.83. The van der Waals surface area contributed by atoms with Crippen LogP contribution in [0, 0.1) is 0 Å². The summed E-state index contributed by atoms with van der Waals surface area (Å²) in [6.07, 6.45) is 0.609. The number of likely N-dealkylation sites (N-methyl/N-ethyl adjacent to an activating group) is 1. The average molecular weight is 241 g/mol. The van der Waals surface area contributed by atoms with Crippen molar-refractivity contribution in [2.24, 2.45) is 0 Å². The molecule has 0 aliphatic carbocycles. The highest BCUT2D eigenvalue weighted by molar-refractivity contribution is 5.76. The first-order valence-electron chi connectivity index (χ1n) is 6.55. The molecule has 0 atom stereocenters. The van der Waals surface area contributed by atoms with Crippen LogP contribution in [0.1, 0.15) is 34.1 Å². The van der Waals surface area contributed by atoms with Gasteiger partial charge in [-0.1, -0.05) is 13.8 Å². The van der Waals surface area contributed by atoms with Crippen molar-refractivity contribution in [3.05, 3.63) is 0 Å². The number of carbonyl (C=O) groups excluding carboxylic acids is 1. The predicted octanol–water partition coefficient (Wildman–Crippen LogP) is 0.927. The molecule has 1 N–H and O–H groups in total. The van der Waals surface area contributed by atoms with Gasteiger partial charge in [-0.2, -0.15) is 0 Å². The average Bonchev–Trinajstić information content (AvgIpc) is 2.21. The summed E-state index contributed by atoms with van der Waals surface area (Å²) in [7, 11) is 2.13. The first-order chi connectivity index (χ1) is 7.83. The third kappa shape index (κ3) is 4.28. The van der Waals surface area contributed by atoms with Crippen LogP contribution in [-0.4, -0.2) is 60.5 Å². The van der Waals surface area contributed by atoms with E-state index in [1.165, 1.54) is 0 Å². The largest absolute Gasteiger partial charge is 0.340 e. The van der Waals surface area contributed by atoms with Gasteiger partial charge in [0.2, 0.25) is 5.91 Å². The van der Waals surface area contributed by atoms with Crippen molar-refractivity contribution >= 4 is 5.91 Å². The first-order valence-corrected chi connectivity index (χ1v) is 6.55.